The van der Waals surface area contributed by atoms with Crippen LogP contribution in [0.3, 0.4) is 0 Å². The standard InChI is InChI=1S/C14H22BNO3/c1-9-7-10(12(17-6)11(16)8-9)15-18-13(2,3)14(4,5)19-15/h7-8H,16H2,1-6H3. The first-order valence-electron chi connectivity index (χ1n) is 6.47. The van der Waals surface area contributed by atoms with Gasteiger partial charge in [0.1, 0.15) is 5.75 Å². The van der Waals surface area contributed by atoms with Gasteiger partial charge in [-0.1, -0.05) is 6.07 Å². The van der Waals surface area contributed by atoms with Crippen LogP contribution in [0.2, 0.25) is 0 Å². The van der Waals surface area contributed by atoms with Crippen LogP contribution in [0, 0.1) is 6.92 Å². The molecule has 1 saturated heterocycles. The Bertz CT molecular complexity index is 484. The molecule has 4 nitrogen and oxygen atoms in total. The zero-order valence-corrected chi connectivity index (χ0v) is 12.5. The smallest absolute Gasteiger partial charge is 0.495 e. The second-order valence-corrected chi connectivity index (χ2v) is 6.06. The predicted molar refractivity (Wildman–Crippen MR) is 77.9 cm³/mol. The number of nitrogen functional groups attached to an aromatic ring is 1. The first kappa shape index (κ1) is 14.2. The Labute approximate surface area is 115 Å². The summed E-state index contributed by atoms with van der Waals surface area (Å²) in [4.78, 5) is 0. The van der Waals surface area contributed by atoms with Crippen LogP contribution in [0.15, 0.2) is 12.1 Å². The molecule has 5 heteroatoms. The number of benzene rings is 1. The second-order valence-electron chi connectivity index (χ2n) is 6.06. The zero-order valence-electron chi connectivity index (χ0n) is 12.5. The predicted octanol–water partition coefficient (Wildman–Crippen LogP) is 1.89. The van der Waals surface area contributed by atoms with Crippen LogP contribution < -0.4 is 15.9 Å². The van der Waals surface area contributed by atoms with E-state index in [1.54, 1.807) is 7.11 Å². The van der Waals surface area contributed by atoms with Crippen LogP contribution in [0.5, 0.6) is 5.75 Å². The SMILES string of the molecule is COc1c(N)cc(C)cc1B1OC(C)(C)C(C)(C)O1. The third-order valence-corrected chi connectivity index (χ3v) is 4.00. The molecule has 19 heavy (non-hydrogen) atoms. The quantitative estimate of drug-likeness (QED) is 0.654. The Hall–Kier alpha value is -1.20. The van der Waals surface area contributed by atoms with Gasteiger partial charge in [-0.05, 0) is 46.2 Å². The highest BCUT2D eigenvalue weighted by Gasteiger charge is 2.52. The highest BCUT2D eigenvalue weighted by atomic mass is 16.7. The van der Waals surface area contributed by atoms with Gasteiger partial charge in [-0.15, -0.1) is 0 Å². The van der Waals surface area contributed by atoms with E-state index in [0.717, 1.165) is 11.0 Å². The molecule has 1 aromatic carbocycles. The van der Waals surface area contributed by atoms with Crippen molar-refractivity contribution in [1.82, 2.24) is 0 Å². The molecule has 0 amide bonds. The number of hydrogen-bond donors (Lipinski definition) is 1. The average Bonchev–Trinajstić information content (AvgIpc) is 2.47. The summed E-state index contributed by atoms with van der Waals surface area (Å²) in [7, 11) is 1.15. The molecule has 1 aromatic rings. The fourth-order valence-corrected chi connectivity index (χ4v) is 2.21. The summed E-state index contributed by atoms with van der Waals surface area (Å²) in [6.45, 7) is 10.1. The molecule has 2 N–H and O–H groups in total. The maximum absolute atomic E-state index is 6.04. The fourth-order valence-electron chi connectivity index (χ4n) is 2.21. The molecule has 0 spiro atoms. The van der Waals surface area contributed by atoms with E-state index >= 15 is 0 Å². The first-order chi connectivity index (χ1) is 8.68. The van der Waals surface area contributed by atoms with Crippen LogP contribution in [-0.4, -0.2) is 25.4 Å². The van der Waals surface area contributed by atoms with Crippen molar-refractivity contribution in [3.63, 3.8) is 0 Å². The summed E-state index contributed by atoms with van der Waals surface area (Å²) in [5.41, 5.74) is 7.76. The molecule has 1 heterocycles. The third kappa shape index (κ3) is 2.32. The minimum Gasteiger partial charge on any atom is -0.495 e. The molecule has 0 atom stereocenters. The van der Waals surface area contributed by atoms with Gasteiger partial charge in [-0.3, -0.25) is 0 Å². The Morgan fingerprint density at radius 2 is 1.63 bits per heavy atom. The van der Waals surface area contributed by atoms with Crippen molar-refractivity contribution < 1.29 is 14.0 Å². The third-order valence-electron chi connectivity index (χ3n) is 4.00. The van der Waals surface area contributed by atoms with Gasteiger partial charge in [0.05, 0.1) is 24.0 Å². The number of aryl methyl sites for hydroxylation is 1. The summed E-state index contributed by atoms with van der Waals surface area (Å²) in [5, 5.41) is 0. The summed E-state index contributed by atoms with van der Waals surface area (Å²) < 4.78 is 17.5. The first-order valence-corrected chi connectivity index (χ1v) is 6.47. The molecular formula is C14H22BNO3. The normalized spacial score (nSPS) is 20.6. The van der Waals surface area contributed by atoms with Crippen molar-refractivity contribution in [2.24, 2.45) is 0 Å². The van der Waals surface area contributed by atoms with Gasteiger partial charge in [0.2, 0.25) is 0 Å². The summed E-state index contributed by atoms with van der Waals surface area (Å²) in [6.07, 6.45) is 0. The minimum atomic E-state index is -0.456. The lowest BCUT2D eigenvalue weighted by molar-refractivity contribution is 0.00578. The van der Waals surface area contributed by atoms with E-state index in [1.807, 2.05) is 46.8 Å². The fraction of sp³-hybridized carbons (Fsp3) is 0.571. The molecular weight excluding hydrogens is 241 g/mol. The van der Waals surface area contributed by atoms with Crippen LogP contribution in [0.1, 0.15) is 33.3 Å². The summed E-state index contributed by atoms with van der Waals surface area (Å²) in [6, 6.07) is 3.88. The Morgan fingerprint density at radius 3 is 2.11 bits per heavy atom. The number of methoxy groups -OCH3 is 1. The Balaban J connectivity index is 2.45. The molecule has 1 aliphatic heterocycles. The van der Waals surface area contributed by atoms with Gasteiger partial charge < -0.3 is 19.8 Å². The molecule has 104 valence electrons. The molecule has 1 aliphatic rings. The molecule has 0 radical (unpaired) electrons. The van der Waals surface area contributed by atoms with E-state index in [9.17, 15) is 0 Å². The largest absolute Gasteiger partial charge is 0.498 e. The van der Waals surface area contributed by atoms with Crippen molar-refractivity contribution in [1.29, 1.82) is 0 Å². The zero-order chi connectivity index (χ0) is 14.4. The summed E-state index contributed by atoms with van der Waals surface area (Å²) in [5.74, 6) is 0.629. The van der Waals surface area contributed by atoms with Crippen molar-refractivity contribution in [3.05, 3.63) is 17.7 Å². The van der Waals surface area contributed by atoms with Gasteiger partial charge in [0, 0.05) is 5.46 Å². The lowest BCUT2D eigenvalue weighted by Crippen LogP contribution is -2.41. The van der Waals surface area contributed by atoms with Crippen molar-refractivity contribution >= 4 is 18.3 Å². The lowest BCUT2D eigenvalue weighted by Gasteiger charge is -2.32. The number of anilines is 1. The molecule has 2 rings (SSSR count). The number of ether oxygens (including phenoxy) is 1. The summed E-state index contributed by atoms with van der Waals surface area (Å²) >= 11 is 0. The average molecular weight is 263 g/mol. The second kappa shape index (κ2) is 4.42. The van der Waals surface area contributed by atoms with Crippen LogP contribution in [-0.2, 0) is 9.31 Å². The molecule has 0 unspecified atom stereocenters. The van der Waals surface area contributed by atoms with Crippen LogP contribution >= 0.6 is 0 Å². The molecule has 1 fully saturated rings. The number of hydrogen-bond acceptors (Lipinski definition) is 4. The highest BCUT2D eigenvalue weighted by Crippen LogP contribution is 2.37. The van der Waals surface area contributed by atoms with Crippen molar-refractivity contribution in [2.45, 2.75) is 45.8 Å². The van der Waals surface area contributed by atoms with Gasteiger partial charge in [-0.25, -0.2) is 0 Å². The highest BCUT2D eigenvalue weighted by molar-refractivity contribution is 6.63. The van der Waals surface area contributed by atoms with E-state index in [4.69, 9.17) is 19.8 Å². The van der Waals surface area contributed by atoms with Crippen LogP contribution in [0.4, 0.5) is 5.69 Å². The van der Waals surface area contributed by atoms with Gasteiger partial charge in [0.15, 0.2) is 0 Å². The monoisotopic (exact) mass is 263 g/mol. The van der Waals surface area contributed by atoms with Crippen LogP contribution in [0.25, 0.3) is 0 Å². The van der Waals surface area contributed by atoms with Gasteiger partial charge in [-0.2, -0.15) is 0 Å². The van der Waals surface area contributed by atoms with E-state index < -0.39 is 7.12 Å². The maximum Gasteiger partial charge on any atom is 0.498 e. The van der Waals surface area contributed by atoms with E-state index in [0.29, 0.717) is 11.4 Å². The van der Waals surface area contributed by atoms with E-state index in [2.05, 4.69) is 0 Å². The van der Waals surface area contributed by atoms with Gasteiger partial charge in [0.25, 0.3) is 0 Å². The van der Waals surface area contributed by atoms with Crippen molar-refractivity contribution in [2.75, 3.05) is 12.8 Å². The molecule has 0 saturated carbocycles. The Morgan fingerprint density at radius 1 is 1.11 bits per heavy atom. The number of nitrogens with two attached hydrogens (primary N) is 1. The Kier molecular flexibility index (Phi) is 3.31. The van der Waals surface area contributed by atoms with Crippen molar-refractivity contribution in [3.8, 4) is 5.75 Å². The topological polar surface area (TPSA) is 53.7 Å². The molecule has 0 bridgehead atoms. The number of rotatable bonds is 2. The maximum atomic E-state index is 6.04. The van der Waals surface area contributed by atoms with Gasteiger partial charge >= 0.3 is 7.12 Å². The molecule has 0 aromatic heterocycles. The molecule has 0 aliphatic carbocycles. The van der Waals surface area contributed by atoms with E-state index in [1.165, 1.54) is 0 Å². The van der Waals surface area contributed by atoms with E-state index in [-0.39, 0.29) is 11.2 Å². The lowest BCUT2D eigenvalue weighted by atomic mass is 9.77. The minimum absolute atomic E-state index is 0.374.